The zero-order chi connectivity index (χ0) is 10.9. The Bertz CT molecular complexity index is 381. The van der Waals surface area contributed by atoms with Crippen molar-refractivity contribution in [2.24, 2.45) is 0 Å². The van der Waals surface area contributed by atoms with Crippen molar-refractivity contribution < 1.29 is 13.7 Å². The van der Waals surface area contributed by atoms with Crippen LogP contribution in [0.1, 0.15) is 17.7 Å². The van der Waals surface area contributed by atoms with Gasteiger partial charge in [0.25, 0.3) is 6.43 Å². The van der Waals surface area contributed by atoms with Gasteiger partial charge in [0.15, 0.2) is 5.69 Å². The molecule has 0 aliphatic rings. The van der Waals surface area contributed by atoms with E-state index < -0.39 is 22.7 Å². The molecule has 76 valence electrons. The highest BCUT2D eigenvalue weighted by Gasteiger charge is 2.21. The van der Waals surface area contributed by atoms with E-state index in [0.717, 1.165) is 0 Å². The van der Waals surface area contributed by atoms with Crippen LogP contribution in [0.5, 0.6) is 0 Å². The minimum atomic E-state index is -2.84. The fourth-order valence-electron chi connectivity index (χ4n) is 0.964. The Labute approximate surface area is 77.7 Å². The molecule has 2 N–H and O–H groups in total. The number of pyridine rings is 1. The lowest BCUT2D eigenvalue weighted by molar-refractivity contribution is -0.389. The van der Waals surface area contributed by atoms with Crippen molar-refractivity contribution in [1.29, 1.82) is 0 Å². The molecular weight excluding hydrogens is 196 g/mol. The Morgan fingerprint density at radius 3 is 2.64 bits per heavy atom. The van der Waals surface area contributed by atoms with Crippen molar-refractivity contribution in [2.75, 3.05) is 5.73 Å². The molecule has 0 atom stereocenters. The molecule has 0 aliphatic heterocycles. The van der Waals surface area contributed by atoms with Crippen LogP contribution in [0.15, 0.2) is 6.07 Å². The summed E-state index contributed by atoms with van der Waals surface area (Å²) in [6.07, 6.45) is -2.84. The van der Waals surface area contributed by atoms with Crippen molar-refractivity contribution in [3.63, 3.8) is 0 Å². The van der Waals surface area contributed by atoms with E-state index in [2.05, 4.69) is 4.98 Å². The fraction of sp³-hybridized carbons (Fsp3) is 0.286. The van der Waals surface area contributed by atoms with Crippen LogP contribution in [0, 0.1) is 17.0 Å². The van der Waals surface area contributed by atoms with Gasteiger partial charge in [0.2, 0.25) is 0 Å². The summed E-state index contributed by atoms with van der Waals surface area (Å²) in [6.45, 7) is 1.34. The van der Waals surface area contributed by atoms with Crippen LogP contribution in [0.2, 0.25) is 0 Å². The van der Waals surface area contributed by atoms with Gasteiger partial charge < -0.3 is 15.8 Å². The van der Waals surface area contributed by atoms with Gasteiger partial charge in [-0.2, -0.15) is 0 Å². The first kappa shape index (κ1) is 10.3. The minimum Gasteiger partial charge on any atom is -0.395 e. The highest BCUT2D eigenvalue weighted by atomic mass is 19.3. The lowest BCUT2D eigenvalue weighted by Crippen LogP contribution is -2.03. The first-order valence-electron chi connectivity index (χ1n) is 3.63. The number of aryl methyl sites for hydroxylation is 1. The Hall–Kier alpha value is -1.79. The Morgan fingerprint density at radius 1 is 1.64 bits per heavy atom. The maximum atomic E-state index is 12.3. The summed E-state index contributed by atoms with van der Waals surface area (Å²) in [6, 6.07) is 0.687. The molecule has 0 radical (unpaired) electrons. The van der Waals surface area contributed by atoms with E-state index in [4.69, 9.17) is 5.73 Å². The monoisotopic (exact) mass is 203 g/mol. The third-order valence-electron chi connectivity index (χ3n) is 1.69. The van der Waals surface area contributed by atoms with Crippen LogP contribution in [-0.2, 0) is 0 Å². The number of nitrogens with zero attached hydrogens (tertiary/aromatic N) is 2. The van der Waals surface area contributed by atoms with E-state index in [0.29, 0.717) is 6.07 Å². The molecule has 1 rings (SSSR count). The molecule has 0 saturated carbocycles. The van der Waals surface area contributed by atoms with Crippen LogP contribution >= 0.6 is 0 Å². The SMILES string of the molecule is Cc1nc([N+](=O)[O-])cc(C(F)F)c1N. The summed E-state index contributed by atoms with van der Waals surface area (Å²) in [5, 5.41) is 10.3. The maximum absolute atomic E-state index is 12.3. The van der Waals surface area contributed by atoms with Crippen molar-refractivity contribution in [2.45, 2.75) is 13.3 Å². The number of nitrogen functional groups attached to an aromatic ring is 1. The molecular formula is C7H7F2N3O2. The summed E-state index contributed by atoms with van der Waals surface area (Å²) in [5.74, 6) is -0.619. The number of aromatic nitrogens is 1. The molecule has 1 aromatic rings. The molecule has 14 heavy (non-hydrogen) atoms. The van der Waals surface area contributed by atoms with Crippen molar-refractivity contribution >= 4 is 11.5 Å². The highest BCUT2D eigenvalue weighted by molar-refractivity contribution is 5.54. The molecule has 7 heteroatoms. The van der Waals surface area contributed by atoms with E-state index in [1.165, 1.54) is 6.92 Å². The normalized spacial score (nSPS) is 10.6. The molecule has 1 heterocycles. The Kier molecular flexibility index (Phi) is 2.59. The molecule has 0 saturated heterocycles. The largest absolute Gasteiger partial charge is 0.395 e. The lowest BCUT2D eigenvalue weighted by atomic mass is 10.2. The van der Waals surface area contributed by atoms with E-state index >= 15 is 0 Å². The molecule has 0 unspecified atom stereocenters. The number of hydrogen-bond donors (Lipinski definition) is 1. The first-order chi connectivity index (χ1) is 6.43. The average Bonchev–Trinajstić information content (AvgIpc) is 2.08. The van der Waals surface area contributed by atoms with Gasteiger partial charge in [-0.15, -0.1) is 0 Å². The first-order valence-corrected chi connectivity index (χ1v) is 3.63. The Morgan fingerprint density at radius 2 is 2.21 bits per heavy atom. The third-order valence-corrected chi connectivity index (χ3v) is 1.69. The van der Waals surface area contributed by atoms with Gasteiger partial charge in [-0.3, -0.25) is 0 Å². The van der Waals surface area contributed by atoms with Gasteiger partial charge in [0.05, 0.1) is 11.3 Å². The summed E-state index contributed by atoms with van der Waals surface area (Å²) in [5.41, 5.74) is 4.57. The van der Waals surface area contributed by atoms with Crippen LogP contribution in [0.25, 0.3) is 0 Å². The number of anilines is 1. The summed E-state index contributed by atoms with van der Waals surface area (Å²) in [7, 11) is 0. The molecule has 0 aliphatic carbocycles. The van der Waals surface area contributed by atoms with Crippen molar-refractivity contribution in [3.8, 4) is 0 Å². The third kappa shape index (κ3) is 1.76. The van der Waals surface area contributed by atoms with Gasteiger partial charge in [-0.05, 0) is 9.91 Å². The zero-order valence-electron chi connectivity index (χ0n) is 7.20. The van der Waals surface area contributed by atoms with E-state index in [1.807, 2.05) is 0 Å². The van der Waals surface area contributed by atoms with Gasteiger partial charge in [0.1, 0.15) is 0 Å². The second-order valence-corrected chi connectivity index (χ2v) is 2.63. The molecule has 0 spiro atoms. The molecule has 0 amide bonds. The smallest absolute Gasteiger partial charge is 0.364 e. The summed E-state index contributed by atoms with van der Waals surface area (Å²) >= 11 is 0. The molecule has 1 aromatic heterocycles. The van der Waals surface area contributed by atoms with E-state index in [1.54, 1.807) is 0 Å². The topological polar surface area (TPSA) is 82.0 Å². The molecule has 0 fully saturated rings. The molecule has 0 bridgehead atoms. The van der Waals surface area contributed by atoms with Gasteiger partial charge in [-0.1, -0.05) is 0 Å². The van der Waals surface area contributed by atoms with Gasteiger partial charge >= 0.3 is 5.82 Å². The van der Waals surface area contributed by atoms with E-state index in [9.17, 15) is 18.9 Å². The second-order valence-electron chi connectivity index (χ2n) is 2.63. The summed E-state index contributed by atoms with van der Waals surface area (Å²) < 4.78 is 24.6. The number of halogens is 2. The number of nitro groups is 1. The second kappa shape index (κ2) is 3.52. The standard InChI is InChI=1S/C7H7F2N3O2/c1-3-6(10)4(7(8)9)2-5(11-3)12(13)14/h2,7H,10H2,1H3. The Balaban J connectivity index is 3.35. The van der Waals surface area contributed by atoms with Gasteiger partial charge in [0, 0.05) is 13.0 Å². The zero-order valence-corrected chi connectivity index (χ0v) is 7.20. The highest BCUT2D eigenvalue weighted by Crippen LogP contribution is 2.29. The predicted molar refractivity (Wildman–Crippen MR) is 45.0 cm³/mol. The number of rotatable bonds is 2. The van der Waals surface area contributed by atoms with Crippen LogP contribution in [0.3, 0.4) is 0 Å². The van der Waals surface area contributed by atoms with Gasteiger partial charge in [-0.25, -0.2) is 8.78 Å². The quantitative estimate of drug-likeness (QED) is 0.587. The number of hydrogen-bond acceptors (Lipinski definition) is 4. The van der Waals surface area contributed by atoms with Crippen LogP contribution < -0.4 is 5.73 Å². The minimum absolute atomic E-state index is 0.0366. The fourth-order valence-corrected chi connectivity index (χ4v) is 0.964. The molecule has 0 aromatic carbocycles. The summed E-state index contributed by atoms with van der Waals surface area (Å²) in [4.78, 5) is 12.9. The predicted octanol–water partition coefficient (Wildman–Crippen LogP) is 1.82. The molecule has 5 nitrogen and oxygen atoms in total. The van der Waals surface area contributed by atoms with Crippen LogP contribution in [-0.4, -0.2) is 9.91 Å². The number of nitrogens with two attached hydrogens (primary N) is 1. The van der Waals surface area contributed by atoms with Crippen molar-refractivity contribution in [3.05, 3.63) is 27.4 Å². The average molecular weight is 203 g/mol. The van der Waals surface area contributed by atoms with E-state index in [-0.39, 0.29) is 11.4 Å². The number of alkyl halides is 2. The maximum Gasteiger partial charge on any atom is 0.364 e. The lowest BCUT2D eigenvalue weighted by Gasteiger charge is -2.04. The van der Waals surface area contributed by atoms with Crippen LogP contribution in [0.4, 0.5) is 20.3 Å². The van der Waals surface area contributed by atoms with Crippen molar-refractivity contribution in [1.82, 2.24) is 4.98 Å².